The van der Waals surface area contributed by atoms with Crippen molar-refractivity contribution in [2.45, 2.75) is 18.5 Å². The van der Waals surface area contributed by atoms with Crippen molar-refractivity contribution in [1.82, 2.24) is 9.97 Å². The van der Waals surface area contributed by atoms with Crippen LogP contribution in [-0.4, -0.2) is 20.6 Å². The molecule has 0 saturated heterocycles. The van der Waals surface area contributed by atoms with Crippen LogP contribution in [0.25, 0.3) is 0 Å². The largest absolute Gasteiger partial charge is 0.378 e. The summed E-state index contributed by atoms with van der Waals surface area (Å²) in [5, 5.41) is 10.9. The van der Waals surface area contributed by atoms with Crippen LogP contribution in [0.15, 0.2) is 11.4 Å². The van der Waals surface area contributed by atoms with Crippen molar-refractivity contribution in [3.05, 3.63) is 16.3 Å². The third kappa shape index (κ3) is 2.56. The van der Waals surface area contributed by atoms with E-state index in [0.717, 1.165) is 18.4 Å². The fourth-order valence-corrected chi connectivity index (χ4v) is 1.45. The van der Waals surface area contributed by atoms with E-state index in [-0.39, 0.29) is 11.5 Å². The Morgan fingerprint density at radius 1 is 1.71 bits per heavy atom. The lowest BCUT2D eigenvalue weighted by atomic mass is 10.5. The van der Waals surface area contributed by atoms with Gasteiger partial charge in [0.1, 0.15) is 6.20 Å². The fourth-order valence-electron chi connectivity index (χ4n) is 0.775. The molecule has 1 aromatic rings. The highest BCUT2D eigenvalue weighted by Crippen LogP contribution is 2.21. The Morgan fingerprint density at radius 3 is 2.93 bits per heavy atom. The van der Waals surface area contributed by atoms with E-state index < -0.39 is 4.92 Å². The summed E-state index contributed by atoms with van der Waals surface area (Å²) in [6, 6.07) is 0. The molecule has 76 valence electrons. The first-order chi connectivity index (χ1) is 6.65. The van der Waals surface area contributed by atoms with E-state index >= 15 is 0 Å². The Labute approximate surface area is 85.1 Å². The zero-order valence-corrected chi connectivity index (χ0v) is 8.45. The molecule has 0 fully saturated rings. The average Bonchev–Trinajstić information content (AvgIpc) is 2.14. The van der Waals surface area contributed by atoms with Crippen LogP contribution in [0, 0.1) is 10.1 Å². The molecule has 0 saturated carbocycles. The molecule has 0 unspecified atom stereocenters. The van der Waals surface area contributed by atoms with Gasteiger partial charge in [0, 0.05) is 5.75 Å². The fraction of sp³-hybridized carbons (Fsp3) is 0.429. The van der Waals surface area contributed by atoms with Crippen LogP contribution in [0.3, 0.4) is 0 Å². The molecule has 0 bridgehead atoms. The normalized spacial score (nSPS) is 10.1. The Balaban J connectivity index is 2.83. The van der Waals surface area contributed by atoms with E-state index in [1.54, 1.807) is 0 Å². The van der Waals surface area contributed by atoms with Crippen LogP contribution in [-0.2, 0) is 0 Å². The molecule has 0 amide bonds. The maximum absolute atomic E-state index is 10.4. The van der Waals surface area contributed by atoms with E-state index in [2.05, 4.69) is 9.97 Å². The minimum absolute atomic E-state index is 0.0800. The number of hydrogen-bond donors (Lipinski definition) is 1. The molecule has 0 aliphatic heterocycles. The molecule has 0 atom stereocenters. The van der Waals surface area contributed by atoms with Crippen LogP contribution in [0.4, 0.5) is 11.5 Å². The molecular formula is C7H10N4O2S. The standard InChI is InChI=1S/C7H10N4O2S/c1-2-3-14-7-9-4-5(11(12)13)6(8)10-7/h4H,2-3H2,1H3,(H2,8,9,10). The molecule has 1 aromatic heterocycles. The van der Waals surface area contributed by atoms with E-state index in [9.17, 15) is 10.1 Å². The van der Waals surface area contributed by atoms with Gasteiger partial charge in [0.25, 0.3) is 0 Å². The van der Waals surface area contributed by atoms with Crippen LogP contribution in [0.1, 0.15) is 13.3 Å². The summed E-state index contributed by atoms with van der Waals surface area (Å²) < 4.78 is 0. The Morgan fingerprint density at radius 2 is 2.43 bits per heavy atom. The first kappa shape index (κ1) is 10.7. The summed E-state index contributed by atoms with van der Waals surface area (Å²) >= 11 is 1.43. The highest BCUT2D eigenvalue weighted by Gasteiger charge is 2.13. The lowest BCUT2D eigenvalue weighted by molar-refractivity contribution is -0.384. The molecule has 0 aliphatic rings. The summed E-state index contributed by atoms with van der Waals surface area (Å²) in [6.07, 6.45) is 2.13. The van der Waals surface area contributed by atoms with Crippen LogP contribution in [0.2, 0.25) is 0 Å². The molecule has 14 heavy (non-hydrogen) atoms. The smallest absolute Gasteiger partial charge is 0.329 e. The number of rotatable bonds is 4. The van der Waals surface area contributed by atoms with Gasteiger partial charge in [-0.3, -0.25) is 10.1 Å². The average molecular weight is 214 g/mol. The van der Waals surface area contributed by atoms with E-state index in [1.165, 1.54) is 11.8 Å². The Bertz CT molecular complexity index is 344. The Hall–Kier alpha value is -1.37. The van der Waals surface area contributed by atoms with Crippen molar-refractivity contribution in [3.63, 3.8) is 0 Å². The summed E-state index contributed by atoms with van der Waals surface area (Å²) in [5.41, 5.74) is 5.14. The van der Waals surface area contributed by atoms with Crippen molar-refractivity contribution >= 4 is 23.3 Å². The number of nitrogen functional groups attached to an aromatic ring is 1. The topological polar surface area (TPSA) is 94.9 Å². The van der Waals surface area contributed by atoms with Gasteiger partial charge < -0.3 is 5.73 Å². The zero-order valence-electron chi connectivity index (χ0n) is 7.64. The molecule has 1 rings (SSSR count). The van der Waals surface area contributed by atoms with Crippen molar-refractivity contribution in [2.24, 2.45) is 0 Å². The van der Waals surface area contributed by atoms with Gasteiger partial charge in [-0.1, -0.05) is 18.7 Å². The first-order valence-corrected chi connectivity index (χ1v) is 5.03. The van der Waals surface area contributed by atoms with E-state index in [0.29, 0.717) is 5.16 Å². The predicted octanol–water partition coefficient (Wildman–Crippen LogP) is 1.47. The lowest BCUT2D eigenvalue weighted by Gasteiger charge is -1.99. The highest BCUT2D eigenvalue weighted by molar-refractivity contribution is 7.99. The maximum atomic E-state index is 10.4. The number of nitrogens with two attached hydrogens (primary N) is 1. The molecular weight excluding hydrogens is 204 g/mol. The Kier molecular flexibility index (Phi) is 3.63. The number of thioether (sulfide) groups is 1. The predicted molar refractivity (Wildman–Crippen MR) is 54.1 cm³/mol. The van der Waals surface area contributed by atoms with Crippen molar-refractivity contribution in [1.29, 1.82) is 0 Å². The summed E-state index contributed by atoms with van der Waals surface area (Å²) in [6.45, 7) is 2.03. The molecule has 2 N–H and O–H groups in total. The first-order valence-electron chi connectivity index (χ1n) is 4.05. The molecule has 6 nitrogen and oxygen atoms in total. The van der Waals surface area contributed by atoms with E-state index in [4.69, 9.17) is 5.73 Å². The van der Waals surface area contributed by atoms with Crippen LogP contribution in [0.5, 0.6) is 0 Å². The van der Waals surface area contributed by atoms with Gasteiger partial charge in [-0.2, -0.15) is 4.98 Å². The number of nitrogens with zero attached hydrogens (tertiary/aromatic N) is 3. The highest BCUT2D eigenvalue weighted by atomic mass is 32.2. The van der Waals surface area contributed by atoms with Crippen molar-refractivity contribution < 1.29 is 4.92 Å². The molecule has 7 heteroatoms. The molecule has 0 aliphatic carbocycles. The molecule has 0 aromatic carbocycles. The third-order valence-electron chi connectivity index (χ3n) is 1.41. The quantitative estimate of drug-likeness (QED) is 0.353. The SMILES string of the molecule is CCCSc1ncc([N+](=O)[O-])c(N)n1. The summed E-state index contributed by atoms with van der Waals surface area (Å²) in [5.74, 6) is 0.792. The van der Waals surface area contributed by atoms with Crippen LogP contribution < -0.4 is 5.73 Å². The second kappa shape index (κ2) is 4.75. The van der Waals surface area contributed by atoms with Crippen molar-refractivity contribution in [2.75, 3.05) is 11.5 Å². The van der Waals surface area contributed by atoms with Crippen LogP contribution >= 0.6 is 11.8 Å². The maximum Gasteiger partial charge on any atom is 0.329 e. The van der Waals surface area contributed by atoms with Gasteiger partial charge in [-0.05, 0) is 6.42 Å². The second-order valence-corrected chi connectivity index (χ2v) is 3.59. The summed E-state index contributed by atoms with van der Waals surface area (Å²) in [4.78, 5) is 17.4. The molecule has 0 spiro atoms. The van der Waals surface area contributed by atoms with E-state index in [1.807, 2.05) is 6.92 Å². The van der Waals surface area contributed by atoms with Gasteiger partial charge >= 0.3 is 5.69 Å². The van der Waals surface area contributed by atoms with Gasteiger partial charge in [0.15, 0.2) is 5.16 Å². The molecule has 1 heterocycles. The number of anilines is 1. The monoisotopic (exact) mass is 214 g/mol. The van der Waals surface area contributed by atoms with Gasteiger partial charge in [-0.15, -0.1) is 0 Å². The minimum atomic E-state index is -0.594. The zero-order chi connectivity index (χ0) is 10.6. The van der Waals surface area contributed by atoms with Gasteiger partial charge in [0.2, 0.25) is 5.82 Å². The lowest BCUT2D eigenvalue weighted by Crippen LogP contribution is -2.01. The summed E-state index contributed by atoms with van der Waals surface area (Å²) in [7, 11) is 0. The van der Waals surface area contributed by atoms with Gasteiger partial charge in [-0.25, -0.2) is 4.98 Å². The number of hydrogen-bond acceptors (Lipinski definition) is 6. The number of nitro groups is 1. The molecule has 0 radical (unpaired) electrons. The minimum Gasteiger partial charge on any atom is -0.378 e. The third-order valence-corrected chi connectivity index (χ3v) is 2.48. The van der Waals surface area contributed by atoms with Crippen molar-refractivity contribution in [3.8, 4) is 0 Å². The van der Waals surface area contributed by atoms with Gasteiger partial charge in [0.05, 0.1) is 4.92 Å². The second-order valence-electron chi connectivity index (χ2n) is 2.53. The number of aromatic nitrogens is 2.